The van der Waals surface area contributed by atoms with Crippen LogP contribution in [0.5, 0.6) is 5.75 Å². The molecule has 10 heteroatoms. The summed E-state index contributed by atoms with van der Waals surface area (Å²) >= 11 is 0.848. The highest BCUT2D eigenvalue weighted by molar-refractivity contribution is 7.10. The van der Waals surface area contributed by atoms with Gasteiger partial charge in [0.15, 0.2) is 5.00 Å². The van der Waals surface area contributed by atoms with Gasteiger partial charge in [-0.25, -0.2) is 9.59 Å². The number of hydrogen-bond donors (Lipinski definition) is 2. The van der Waals surface area contributed by atoms with E-state index in [2.05, 4.69) is 19.8 Å². The van der Waals surface area contributed by atoms with Gasteiger partial charge in [-0.2, -0.15) is 0 Å². The highest BCUT2D eigenvalue weighted by Crippen LogP contribution is 2.22. The Bertz CT molecular complexity index is 756. The quantitative estimate of drug-likeness (QED) is 0.849. The summed E-state index contributed by atoms with van der Waals surface area (Å²) in [5, 5.41) is 15.2. The Hall–Kier alpha value is -2.88. The summed E-state index contributed by atoms with van der Waals surface area (Å²) in [7, 11) is 1.63. The highest BCUT2D eigenvalue weighted by Gasteiger charge is 2.24. The van der Waals surface area contributed by atoms with Crippen LogP contribution in [-0.2, 0) is 0 Å². The maximum atomic E-state index is 12.3. The van der Waals surface area contributed by atoms with Gasteiger partial charge in [-0.1, -0.05) is 4.49 Å². The Balaban J connectivity index is 1.57. The van der Waals surface area contributed by atoms with E-state index >= 15 is 0 Å². The molecule has 0 bridgehead atoms. The Morgan fingerprint density at radius 3 is 2.48 bits per heavy atom. The van der Waals surface area contributed by atoms with Crippen molar-refractivity contribution in [2.75, 3.05) is 43.5 Å². The molecule has 0 spiro atoms. The smallest absolute Gasteiger partial charge is 0.359 e. The minimum atomic E-state index is -1.21. The van der Waals surface area contributed by atoms with E-state index in [1.807, 2.05) is 24.3 Å². The molecule has 1 aliphatic rings. The molecule has 2 amide bonds. The predicted octanol–water partition coefficient (Wildman–Crippen LogP) is 1.60. The van der Waals surface area contributed by atoms with Gasteiger partial charge in [-0.05, 0) is 24.3 Å². The summed E-state index contributed by atoms with van der Waals surface area (Å²) in [4.78, 5) is 27.1. The number of aromatic nitrogens is 2. The van der Waals surface area contributed by atoms with Crippen LogP contribution in [0.4, 0.5) is 15.5 Å². The standard InChI is InChI=1S/C15H17N5O4S/c1-24-11-4-2-10(3-5-11)19-6-8-20(9-7-19)15(23)16-13-12(14(21)22)17-18-25-13/h2-5H,6-9H2,1H3,(H,16,23)(H,21,22). The number of amides is 2. The van der Waals surface area contributed by atoms with Crippen LogP contribution >= 0.6 is 11.5 Å². The number of carbonyl (C=O) groups excluding carboxylic acids is 1. The second kappa shape index (κ2) is 7.34. The van der Waals surface area contributed by atoms with E-state index in [4.69, 9.17) is 9.84 Å². The molecule has 0 unspecified atom stereocenters. The molecule has 0 atom stereocenters. The summed E-state index contributed by atoms with van der Waals surface area (Å²) in [6.07, 6.45) is 0. The largest absolute Gasteiger partial charge is 0.497 e. The summed E-state index contributed by atoms with van der Waals surface area (Å²) in [6, 6.07) is 7.42. The van der Waals surface area contributed by atoms with E-state index in [9.17, 15) is 9.59 Å². The topological polar surface area (TPSA) is 108 Å². The number of piperazine rings is 1. The minimum Gasteiger partial charge on any atom is -0.497 e. The van der Waals surface area contributed by atoms with Crippen molar-refractivity contribution in [1.29, 1.82) is 0 Å². The lowest BCUT2D eigenvalue weighted by Gasteiger charge is -2.36. The molecule has 9 nitrogen and oxygen atoms in total. The number of nitrogens with zero attached hydrogens (tertiary/aromatic N) is 4. The summed E-state index contributed by atoms with van der Waals surface area (Å²) in [5.41, 5.74) is 0.830. The van der Waals surface area contributed by atoms with Crippen LogP contribution in [0, 0.1) is 0 Å². The van der Waals surface area contributed by atoms with E-state index in [1.54, 1.807) is 12.0 Å². The first-order valence-corrected chi connectivity index (χ1v) is 8.36. The Labute approximate surface area is 148 Å². The molecule has 0 aliphatic carbocycles. The van der Waals surface area contributed by atoms with Crippen molar-refractivity contribution in [1.82, 2.24) is 14.5 Å². The van der Waals surface area contributed by atoms with Crippen LogP contribution in [0.15, 0.2) is 24.3 Å². The van der Waals surface area contributed by atoms with Gasteiger partial charge < -0.3 is 19.6 Å². The first kappa shape index (κ1) is 17.0. The third-order valence-corrected chi connectivity index (χ3v) is 4.56. The minimum absolute atomic E-state index is 0.148. The third-order valence-electron chi connectivity index (χ3n) is 3.92. The zero-order valence-electron chi connectivity index (χ0n) is 13.5. The Kier molecular flexibility index (Phi) is 4.98. The number of carbonyl (C=O) groups is 2. The summed E-state index contributed by atoms with van der Waals surface area (Å²) < 4.78 is 8.72. The molecule has 2 heterocycles. The zero-order chi connectivity index (χ0) is 17.8. The number of urea groups is 1. The fourth-order valence-electron chi connectivity index (χ4n) is 2.55. The number of hydrogen-bond acceptors (Lipinski definition) is 7. The number of aromatic carboxylic acids is 1. The molecule has 2 N–H and O–H groups in total. The van der Waals surface area contributed by atoms with Gasteiger partial charge in [0.2, 0.25) is 5.69 Å². The van der Waals surface area contributed by atoms with Crippen LogP contribution in [0.25, 0.3) is 0 Å². The second-order valence-corrected chi connectivity index (χ2v) is 6.11. The molecule has 0 radical (unpaired) electrons. The molecule has 1 aromatic heterocycles. The van der Waals surface area contributed by atoms with Crippen LogP contribution in [0.2, 0.25) is 0 Å². The first-order valence-electron chi connectivity index (χ1n) is 7.59. The lowest BCUT2D eigenvalue weighted by Crippen LogP contribution is -2.50. The van der Waals surface area contributed by atoms with Gasteiger partial charge in [0, 0.05) is 43.4 Å². The number of carboxylic acids is 1. The zero-order valence-corrected chi connectivity index (χ0v) is 14.3. The second-order valence-electron chi connectivity index (χ2n) is 5.36. The number of anilines is 2. The fourth-order valence-corrected chi connectivity index (χ4v) is 3.10. The van der Waals surface area contributed by atoms with Crippen LogP contribution in [0.1, 0.15) is 10.5 Å². The highest BCUT2D eigenvalue weighted by atomic mass is 32.1. The molecule has 1 saturated heterocycles. The molecule has 1 fully saturated rings. The molecule has 1 aromatic carbocycles. The molecule has 3 rings (SSSR count). The average molecular weight is 363 g/mol. The van der Waals surface area contributed by atoms with Crippen molar-refractivity contribution in [2.45, 2.75) is 0 Å². The van der Waals surface area contributed by atoms with Gasteiger partial charge >= 0.3 is 12.0 Å². The van der Waals surface area contributed by atoms with Crippen molar-refractivity contribution < 1.29 is 19.4 Å². The van der Waals surface area contributed by atoms with Gasteiger partial charge in [-0.3, -0.25) is 5.32 Å². The predicted molar refractivity (Wildman–Crippen MR) is 92.7 cm³/mol. The van der Waals surface area contributed by atoms with Crippen LogP contribution < -0.4 is 15.0 Å². The van der Waals surface area contributed by atoms with Crippen molar-refractivity contribution in [2.24, 2.45) is 0 Å². The van der Waals surface area contributed by atoms with Gasteiger partial charge in [-0.15, -0.1) is 5.10 Å². The van der Waals surface area contributed by atoms with E-state index in [0.717, 1.165) is 23.0 Å². The first-order chi connectivity index (χ1) is 12.1. The number of nitrogens with one attached hydrogen (secondary N) is 1. The summed E-state index contributed by atoms with van der Waals surface area (Å²) in [6.45, 7) is 2.44. The molecule has 132 valence electrons. The van der Waals surface area contributed by atoms with Crippen molar-refractivity contribution in [3.05, 3.63) is 30.0 Å². The fraction of sp³-hybridized carbons (Fsp3) is 0.333. The van der Waals surface area contributed by atoms with Crippen LogP contribution in [-0.4, -0.2) is 64.9 Å². The molecule has 0 saturated carbocycles. The maximum absolute atomic E-state index is 12.3. The Morgan fingerprint density at radius 1 is 1.20 bits per heavy atom. The maximum Gasteiger partial charge on any atom is 0.359 e. The van der Waals surface area contributed by atoms with Crippen molar-refractivity contribution in [3.8, 4) is 5.75 Å². The lowest BCUT2D eigenvalue weighted by molar-refractivity contribution is 0.0691. The van der Waals surface area contributed by atoms with Crippen LogP contribution in [0.3, 0.4) is 0 Å². The molecular formula is C15H17N5O4S. The van der Waals surface area contributed by atoms with Crippen molar-refractivity contribution in [3.63, 3.8) is 0 Å². The number of methoxy groups -OCH3 is 1. The van der Waals surface area contributed by atoms with Gasteiger partial charge in [0.1, 0.15) is 5.75 Å². The number of benzene rings is 1. The van der Waals surface area contributed by atoms with Crippen molar-refractivity contribution >= 4 is 34.2 Å². The SMILES string of the molecule is COc1ccc(N2CCN(C(=O)Nc3snnc3C(=O)O)CC2)cc1. The molecule has 25 heavy (non-hydrogen) atoms. The molecule has 1 aliphatic heterocycles. The van der Waals surface area contributed by atoms with E-state index in [1.165, 1.54) is 0 Å². The molecular weight excluding hydrogens is 346 g/mol. The van der Waals surface area contributed by atoms with E-state index < -0.39 is 5.97 Å². The van der Waals surface area contributed by atoms with Gasteiger partial charge in [0.05, 0.1) is 7.11 Å². The normalized spacial score (nSPS) is 14.3. The van der Waals surface area contributed by atoms with E-state index in [0.29, 0.717) is 26.2 Å². The monoisotopic (exact) mass is 363 g/mol. The summed E-state index contributed by atoms with van der Waals surface area (Å²) in [5.74, 6) is -0.414. The Morgan fingerprint density at radius 2 is 1.88 bits per heavy atom. The average Bonchev–Trinajstić information content (AvgIpc) is 3.10. The number of carboxylic acid groups (broad SMARTS) is 1. The number of ether oxygens (including phenoxy) is 1. The number of rotatable bonds is 4. The van der Waals surface area contributed by atoms with E-state index in [-0.39, 0.29) is 16.7 Å². The molecule has 2 aromatic rings. The third kappa shape index (κ3) is 3.79. The van der Waals surface area contributed by atoms with Gasteiger partial charge in [0.25, 0.3) is 0 Å². The lowest BCUT2D eigenvalue weighted by atomic mass is 10.2.